The molecule has 6 rings (SSSR count). The minimum Gasteiger partial charge on any atom is -0.444 e. The van der Waals surface area contributed by atoms with Gasteiger partial charge in [-0.1, -0.05) is 19.1 Å². The van der Waals surface area contributed by atoms with Gasteiger partial charge in [0.2, 0.25) is 0 Å². The van der Waals surface area contributed by atoms with Crippen LogP contribution < -0.4 is 5.32 Å². The molecule has 42 heavy (non-hydrogen) atoms. The predicted molar refractivity (Wildman–Crippen MR) is 159 cm³/mol. The average molecular weight is 570 g/mol. The molecule has 2 aliphatic carbocycles. The van der Waals surface area contributed by atoms with Gasteiger partial charge in [-0.2, -0.15) is 0 Å². The SMILES string of the molecule is CC1CC(c2cccc(NC(=O)c3cc(CN(C(=O)OC(C)(C)C)C4(C)CC4)cn4ccnc34)c2)(c2nncn2C)C1. The van der Waals surface area contributed by atoms with Crippen molar-refractivity contribution in [1.29, 1.82) is 0 Å². The third kappa shape index (κ3) is 5.14. The molecule has 2 saturated carbocycles. The molecule has 0 radical (unpaired) electrons. The highest BCUT2D eigenvalue weighted by molar-refractivity contribution is 6.08. The first-order valence-electron chi connectivity index (χ1n) is 14.6. The fraction of sp³-hybridized carbons (Fsp3) is 0.469. The highest BCUT2D eigenvalue weighted by atomic mass is 16.6. The summed E-state index contributed by atoms with van der Waals surface area (Å²) in [4.78, 5) is 33.2. The predicted octanol–water partition coefficient (Wildman–Crippen LogP) is 5.72. The molecule has 3 heterocycles. The second kappa shape index (κ2) is 9.96. The Morgan fingerprint density at radius 2 is 1.95 bits per heavy atom. The van der Waals surface area contributed by atoms with Crippen molar-refractivity contribution in [3.05, 3.63) is 77.8 Å². The third-order valence-corrected chi connectivity index (χ3v) is 8.57. The van der Waals surface area contributed by atoms with E-state index in [1.807, 2.05) is 73.4 Å². The molecule has 2 amide bonds. The van der Waals surface area contributed by atoms with E-state index in [1.54, 1.807) is 17.4 Å². The van der Waals surface area contributed by atoms with E-state index >= 15 is 0 Å². The van der Waals surface area contributed by atoms with Crippen LogP contribution in [0.5, 0.6) is 0 Å². The van der Waals surface area contributed by atoms with Crippen molar-refractivity contribution in [1.82, 2.24) is 29.0 Å². The Morgan fingerprint density at radius 3 is 2.60 bits per heavy atom. The van der Waals surface area contributed by atoms with Crippen molar-refractivity contribution in [3.63, 3.8) is 0 Å². The quantitative estimate of drug-likeness (QED) is 0.305. The minimum absolute atomic E-state index is 0.230. The Hall–Kier alpha value is -4.21. The Balaban J connectivity index is 1.28. The lowest BCUT2D eigenvalue weighted by Gasteiger charge is -2.46. The maximum atomic E-state index is 13.8. The lowest BCUT2D eigenvalue weighted by molar-refractivity contribution is 0.0126. The molecule has 0 aliphatic heterocycles. The van der Waals surface area contributed by atoms with Gasteiger partial charge in [-0.3, -0.25) is 9.69 Å². The molecular weight excluding hydrogens is 530 g/mol. The number of carbonyl (C=O) groups excluding carboxylic acids is 2. The number of pyridine rings is 1. The van der Waals surface area contributed by atoms with Crippen LogP contribution in [-0.4, -0.2) is 52.2 Å². The Labute approximate surface area is 246 Å². The molecule has 220 valence electrons. The molecule has 10 heteroatoms. The molecule has 4 aromatic rings. The summed E-state index contributed by atoms with van der Waals surface area (Å²) in [6.07, 6.45) is 10.6. The van der Waals surface area contributed by atoms with E-state index in [-0.39, 0.29) is 23.0 Å². The van der Waals surface area contributed by atoms with Crippen LogP contribution in [0.4, 0.5) is 10.5 Å². The van der Waals surface area contributed by atoms with Crippen molar-refractivity contribution in [2.24, 2.45) is 13.0 Å². The number of aryl methyl sites for hydroxylation is 1. The van der Waals surface area contributed by atoms with Crippen molar-refractivity contribution in [3.8, 4) is 0 Å². The van der Waals surface area contributed by atoms with Gasteiger partial charge in [-0.05, 0) is 88.6 Å². The largest absolute Gasteiger partial charge is 0.444 e. The van der Waals surface area contributed by atoms with Crippen LogP contribution in [0.2, 0.25) is 0 Å². The monoisotopic (exact) mass is 569 g/mol. The minimum atomic E-state index is -0.600. The normalized spacial score (nSPS) is 21.0. The van der Waals surface area contributed by atoms with Gasteiger partial charge in [0.15, 0.2) is 0 Å². The van der Waals surface area contributed by atoms with Crippen LogP contribution in [-0.2, 0) is 23.7 Å². The molecule has 2 fully saturated rings. The van der Waals surface area contributed by atoms with Crippen LogP contribution in [0, 0.1) is 5.92 Å². The zero-order valence-electron chi connectivity index (χ0n) is 25.2. The topological polar surface area (TPSA) is 107 Å². The highest BCUT2D eigenvalue weighted by Gasteiger charge is 2.48. The number of amides is 2. The number of hydrogen-bond acceptors (Lipinski definition) is 6. The van der Waals surface area contributed by atoms with Gasteiger partial charge >= 0.3 is 6.09 Å². The molecular formula is C32H39N7O3. The number of fused-ring (bicyclic) bond motifs is 1. The number of nitrogens with zero attached hydrogens (tertiary/aromatic N) is 6. The smallest absolute Gasteiger partial charge is 0.411 e. The first-order valence-corrected chi connectivity index (χ1v) is 14.6. The van der Waals surface area contributed by atoms with E-state index in [0.29, 0.717) is 29.4 Å². The zero-order valence-corrected chi connectivity index (χ0v) is 25.2. The van der Waals surface area contributed by atoms with Crippen molar-refractivity contribution >= 4 is 23.3 Å². The van der Waals surface area contributed by atoms with E-state index in [1.165, 1.54) is 0 Å². The van der Waals surface area contributed by atoms with Gasteiger partial charge in [-0.15, -0.1) is 10.2 Å². The number of benzene rings is 1. The summed E-state index contributed by atoms with van der Waals surface area (Å²) in [5.41, 5.74) is 2.54. The summed E-state index contributed by atoms with van der Waals surface area (Å²) in [5, 5.41) is 11.7. The van der Waals surface area contributed by atoms with Gasteiger partial charge in [0.25, 0.3) is 5.91 Å². The van der Waals surface area contributed by atoms with Gasteiger partial charge in [-0.25, -0.2) is 9.78 Å². The van der Waals surface area contributed by atoms with Crippen molar-refractivity contribution in [2.45, 2.75) is 83.4 Å². The number of nitrogens with one attached hydrogen (secondary N) is 1. The van der Waals surface area contributed by atoms with E-state index in [0.717, 1.165) is 42.6 Å². The summed E-state index contributed by atoms with van der Waals surface area (Å²) >= 11 is 0. The van der Waals surface area contributed by atoms with Crippen LogP contribution in [0.15, 0.2) is 55.2 Å². The van der Waals surface area contributed by atoms with Crippen LogP contribution in [0.25, 0.3) is 5.65 Å². The third-order valence-electron chi connectivity index (χ3n) is 8.57. The van der Waals surface area contributed by atoms with Crippen molar-refractivity contribution < 1.29 is 14.3 Å². The summed E-state index contributed by atoms with van der Waals surface area (Å²) < 4.78 is 9.56. The van der Waals surface area contributed by atoms with Gasteiger partial charge in [0.1, 0.15) is 23.4 Å². The van der Waals surface area contributed by atoms with Crippen LogP contribution >= 0.6 is 0 Å². The number of carbonyl (C=O) groups is 2. The Bertz CT molecular complexity index is 1650. The molecule has 10 nitrogen and oxygen atoms in total. The van der Waals surface area contributed by atoms with Gasteiger partial charge < -0.3 is 19.0 Å². The summed E-state index contributed by atoms with van der Waals surface area (Å²) in [5.74, 6) is 1.26. The maximum absolute atomic E-state index is 13.8. The first kappa shape index (κ1) is 27.9. The second-order valence-electron chi connectivity index (χ2n) is 13.4. The van der Waals surface area contributed by atoms with E-state index in [4.69, 9.17) is 4.74 Å². The standard InChI is InChI=1S/C32H39N7O3/c1-21-16-32(17-21,28-36-34-20-37(28)6)23-8-7-9-24(15-23)35-27(40)25-14-22(18-38-13-12-33-26(25)38)19-39(31(5)10-11-31)29(41)42-30(2,3)4/h7-9,12-15,18,20-21H,10-11,16-17,19H2,1-6H3,(H,35,40). The Morgan fingerprint density at radius 1 is 1.19 bits per heavy atom. The van der Waals surface area contributed by atoms with E-state index in [2.05, 4.69) is 40.4 Å². The molecule has 3 aromatic heterocycles. The lowest BCUT2D eigenvalue weighted by Crippen LogP contribution is -2.43. The second-order valence-corrected chi connectivity index (χ2v) is 13.4. The molecule has 1 aromatic carbocycles. The van der Waals surface area contributed by atoms with Crippen molar-refractivity contribution in [2.75, 3.05) is 5.32 Å². The fourth-order valence-corrected chi connectivity index (χ4v) is 6.26. The van der Waals surface area contributed by atoms with Gasteiger partial charge in [0.05, 0.1) is 17.5 Å². The molecule has 0 unspecified atom stereocenters. The Kier molecular flexibility index (Phi) is 6.62. The molecule has 2 aliphatic rings. The number of ether oxygens (including phenoxy) is 1. The molecule has 0 spiro atoms. The number of imidazole rings is 1. The molecule has 0 bridgehead atoms. The molecule has 0 saturated heterocycles. The molecule has 0 atom stereocenters. The summed E-state index contributed by atoms with van der Waals surface area (Å²) in [7, 11) is 1.97. The first-order chi connectivity index (χ1) is 19.9. The summed E-state index contributed by atoms with van der Waals surface area (Å²) in [6, 6.07) is 9.86. The number of anilines is 1. The van der Waals surface area contributed by atoms with E-state index in [9.17, 15) is 9.59 Å². The lowest BCUT2D eigenvalue weighted by atomic mass is 9.58. The fourth-order valence-electron chi connectivity index (χ4n) is 6.26. The molecule has 1 N–H and O–H groups in total. The number of hydrogen-bond donors (Lipinski definition) is 1. The maximum Gasteiger partial charge on any atom is 0.411 e. The zero-order chi connectivity index (χ0) is 29.9. The van der Waals surface area contributed by atoms with Gasteiger partial charge in [0, 0.05) is 36.9 Å². The van der Waals surface area contributed by atoms with E-state index < -0.39 is 5.60 Å². The number of rotatable bonds is 7. The average Bonchev–Trinajstić information content (AvgIpc) is 3.26. The van der Waals surface area contributed by atoms with Crippen LogP contribution in [0.1, 0.15) is 87.6 Å². The highest BCUT2D eigenvalue weighted by Crippen LogP contribution is 2.51. The van der Waals surface area contributed by atoms with Crippen LogP contribution in [0.3, 0.4) is 0 Å². The summed E-state index contributed by atoms with van der Waals surface area (Å²) in [6.45, 7) is 10.3. The number of aromatic nitrogens is 5.